The quantitative estimate of drug-likeness (QED) is 0.759. The summed E-state index contributed by atoms with van der Waals surface area (Å²) in [7, 11) is 0. The normalized spacial score (nSPS) is 10.5. The maximum Gasteiger partial charge on any atom is 0.407 e. The molecule has 3 N–H and O–H groups in total. The largest absolute Gasteiger partial charge is 0.450 e. The molecule has 0 fully saturated rings. The summed E-state index contributed by atoms with van der Waals surface area (Å²) in [5.41, 5.74) is 2.31. The van der Waals surface area contributed by atoms with Crippen molar-refractivity contribution in [2.75, 3.05) is 13.2 Å². The van der Waals surface area contributed by atoms with Gasteiger partial charge < -0.3 is 20.0 Å². The molecule has 0 aliphatic carbocycles. The maximum atomic E-state index is 11.2. The van der Waals surface area contributed by atoms with E-state index in [0.29, 0.717) is 19.6 Å². The molecule has 0 radical (unpaired) electrons. The molecule has 1 heterocycles. The van der Waals surface area contributed by atoms with Crippen LogP contribution in [0.4, 0.5) is 4.79 Å². The van der Waals surface area contributed by atoms with Crippen LogP contribution in [0, 0.1) is 0 Å². The summed E-state index contributed by atoms with van der Waals surface area (Å²) in [5, 5.41) is 2.64. The van der Waals surface area contributed by atoms with E-state index >= 15 is 0 Å². The second kappa shape index (κ2) is 5.39. The number of aromatic amines is 2. The first-order valence-corrected chi connectivity index (χ1v) is 5.81. The van der Waals surface area contributed by atoms with Crippen LogP contribution in [0.25, 0.3) is 11.0 Å². The molecule has 2 aromatic rings. The Kier molecular flexibility index (Phi) is 3.66. The Bertz CT molecular complexity index is 600. The summed E-state index contributed by atoms with van der Waals surface area (Å²) in [5.74, 6) is 0. The van der Waals surface area contributed by atoms with E-state index in [0.717, 1.165) is 16.6 Å². The van der Waals surface area contributed by atoms with E-state index in [1.54, 1.807) is 6.92 Å². The highest BCUT2D eigenvalue weighted by Crippen LogP contribution is 2.13. The molecule has 0 unspecified atom stereocenters. The van der Waals surface area contributed by atoms with Crippen molar-refractivity contribution in [3.8, 4) is 0 Å². The Labute approximate surface area is 103 Å². The van der Waals surface area contributed by atoms with Crippen LogP contribution in [0.15, 0.2) is 23.0 Å². The zero-order chi connectivity index (χ0) is 13.0. The average Bonchev–Trinajstić information content (AvgIpc) is 2.70. The van der Waals surface area contributed by atoms with Crippen LogP contribution in [-0.4, -0.2) is 29.2 Å². The van der Waals surface area contributed by atoms with Crippen LogP contribution in [0.2, 0.25) is 0 Å². The Morgan fingerprint density at radius 1 is 1.39 bits per heavy atom. The van der Waals surface area contributed by atoms with Crippen LogP contribution in [0.5, 0.6) is 0 Å². The fraction of sp³-hybridized carbons (Fsp3) is 0.333. The number of imidazole rings is 1. The van der Waals surface area contributed by atoms with Gasteiger partial charge in [0, 0.05) is 6.54 Å². The summed E-state index contributed by atoms with van der Waals surface area (Å²) in [6.07, 6.45) is 0.205. The number of benzene rings is 1. The van der Waals surface area contributed by atoms with Gasteiger partial charge in [-0.2, -0.15) is 0 Å². The Balaban J connectivity index is 2.03. The highest BCUT2D eigenvalue weighted by molar-refractivity contribution is 5.78. The third kappa shape index (κ3) is 2.71. The van der Waals surface area contributed by atoms with E-state index in [-0.39, 0.29) is 5.69 Å². The first kappa shape index (κ1) is 12.2. The minimum atomic E-state index is -0.424. The van der Waals surface area contributed by atoms with Crippen molar-refractivity contribution in [2.24, 2.45) is 0 Å². The third-order valence-electron chi connectivity index (χ3n) is 2.58. The van der Waals surface area contributed by atoms with Gasteiger partial charge in [-0.05, 0) is 25.0 Å². The van der Waals surface area contributed by atoms with Gasteiger partial charge in [0.2, 0.25) is 0 Å². The zero-order valence-corrected chi connectivity index (χ0v) is 10.1. The predicted octanol–water partition coefficient (Wildman–Crippen LogP) is 1.14. The number of para-hydroxylation sites is 1. The second-order valence-corrected chi connectivity index (χ2v) is 3.82. The molecule has 18 heavy (non-hydrogen) atoms. The lowest BCUT2D eigenvalue weighted by Crippen LogP contribution is -2.26. The van der Waals surface area contributed by atoms with Crippen LogP contribution >= 0.6 is 0 Å². The van der Waals surface area contributed by atoms with Crippen molar-refractivity contribution in [3.63, 3.8) is 0 Å². The van der Waals surface area contributed by atoms with Gasteiger partial charge >= 0.3 is 11.8 Å². The fourth-order valence-corrected chi connectivity index (χ4v) is 1.81. The molecule has 0 atom stereocenters. The molecular weight excluding hydrogens is 234 g/mol. The van der Waals surface area contributed by atoms with Gasteiger partial charge in [0.05, 0.1) is 17.6 Å². The van der Waals surface area contributed by atoms with Crippen LogP contribution in [0.1, 0.15) is 12.5 Å². The van der Waals surface area contributed by atoms with E-state index in [9.17, 15) is 9.59 Å². The lowest BCUT2D eigenvalue weighted by Gasteiger charge is -2.05. The smallest absolute Gasteiger partial charge is 0.407 e. The number of fused-ring (bicyclic) bond motifs is 1. The minimum absolute atomic E-state index is 0.226. The number of ether oxygens (including phenoxy) is 1. The summed E-state index contributed by atoms with van der Waals surface area (Å²) < 4.78 is 4.76. The molecule has 0 aliphatic rings. The third-order valence-corrected chi connectivity index (χ3v) is 2.58. The number of carbonyl (C=O) groups excluding carboxylic acids is 1. The SMILES string of the molecule is CCOC(=O)NCCc1cccc2[nH]c(=O)[nH]c12. The van der Waals surface area contributed by atoms with Gasteiger partial charge in [0.25, 0.3) is 0 Å². The number of rotatable bonds is 4. The Hall–Kier alpha value is -2.24. The number of carbonyl (C=O) groups is 1. The molecule has 6 nitrogen and oxygen atoms in total. The number of hydrogen-bond acceptors (Lipinski definition) is 3. The second-order valence-electron chi connectivity index (χ2n) is 3.82. The van der Waals surface area contributed by atoms with Gasteiger partial charge in [-0.1, -0.05) is 12.1 Å². The number of alkyl carbamates (subject to hydrolysis) is 1. The van der Waals surface area contributed by atoms with Crippen LogP contribution in [-0.2, 0) is 11.2 Å². The highest BCUT2D eigenvalue weighted by atomic mass is 16.5. The molecule has 96 valence electrons. The van der Waals surface area contributed by atoms with E-state index in [1.165, 1.54) is 0 Å². The number of H-pyrrole nitrogens is 2. The summed E-state index contributed by atoms with van der Waals surface area (Å²) in [6.45, 7) is 2.57. The first-order valence-electron chi connectivity index (χ1n) is 5.81. The molecular formula is C12H15N3O3. The number of hydrogen-bond donors (Lipinski definition) is 3. The lowest BCUT2D eigenvalue weighted by atomic mass is 10.1. The first-order chi connectivity index (χ1) is 8.70. The lowest BCUT2D eigenvalue weighted by molar-refractivity contribution is 0.152. The van der Waals surface area contributed by atoms with Crippen molar-refractivity contribution < 1.29 is 9.53 Å². The number of aromatic nitrogens is 2. The minimum Gasteiger partial charge on any atom is -0.450 e. The molecule has 0 aliphatic heterocycles. The molecule has 1 amide bonds. The summed E-state index contributed by atoms with van der Waals surface area (Å²) >= 11 is 0. The van der Waals surface area contributed by atoms with Gasteiger partial charge in [-0.3, -0.25) is 0 Å². The number of nitrogens with one attached hydrogen (secondary N) is 3. The molecule has 1 aromatic heterocycles. The maximum absolute atomic E-state index is 11.2. The van der Waals surface area contributed by atoms with Crippen molar-refractivity contribution in [1.82, 2.24) is 15.3 Å². The molecule has 0 saturated carbocycles. The molecule has 0 saturated heterocycles. The van der Waals surface area contributed by atoms with Gasteiger partial charge in [0.15, 0.2) is 0 Å². The van der Waals surface area contributed by atoms with E-state index < -0.39 is 6.09 Å². The van der Waals surface area contributed by atoms with E-state index in [1.807, 2.05) is 18.2 Å². The number of amides is 1. The fourth-order valence-electron chi connectivity index (χ4n) is 1.81. The summed E-state index contributed by atoms with van der Waals surface area (Å²) in [6, 6.07) is 5.61. The van der Waals surface area contributed by atoms with Crippen molar-refractivity contribution in [2.45, 2.75) is 13.3 Å². The predicted molar refractivity (Wildman–Crippen MR) is 67.6 cm³/mol. The molecule has 2 rings (SSSR count). The van der Waals surface area contributed by atoms with Crippen LogP contribution in [0.3, 0.4) is 0 Å². The van der Waals surface area contributed by atoms with E-state index in [4.69, 9.17) is 4.74 Å². The monoisotopic (exact) mass is 249 g/mol. The van der Waals surface area contributed by atoms with Crippen molar-refractivity contribution in [3.05, 3.63) is 34.2 Å². The zero-order valence-electron chi connectivity index (χ0n) is 10.1. The van der Waals surface area contributed by atoms with Crippen molar-refractivity contribution in [1.29, 1.82) is 0 Å². The Morgan fingerprint density at radius 2 is 2.22 bits per heavy atom. The Morgan fingerprint density at radius 3 is 3.00 bits per heavy atom. The summed E-state index contributed by atoms with van der Waals surface area (Å²) in [4.78, 5) is 27.7. The molecule has 0 bridgehead atoms. The molecule has 0 spiro atoms. The highest BCUT2D eigenvalue weighted by Gasteiger charge is 2.05. The average molecular weight is 249 g/mol. The van der Waals surface area contributed by atoms with E-state index in [2.05, 4.69) is 15.3 Å². The molecule has 1 aromatic carbocycles. The van der Waals surface area contributed by atoms with Gasteiger partial charge in [0.1, 0.15) is 0 Å². The molecule has 6 heteroatoms. The standard InChI is InChI=1S/C12H15N3O3/c1-2-18-12(17)13-7-6-8-4-3-5-9-10(8)15-11(16)14-9/h3-5H,2,6-7H2,1H3,(H,13,17)(H2,14,15,16). The van der Waals surface area contributed by atoms with Gasteiger partial charge in [-0.25, -0.2) is 9.59 Å². The topological polar surface area (TPSA) is 87.0 Å². The van der Waals surface area contributed by atoms with Crippen LogP contribution < -0.4 is 11.0 Å². The van der Waals surface area contributed by atoms with Crippen molar-refractivity contribution >= 4 is 17.1 Å². The van der Waals surface area contributed by atoms with Gasteiger partial charge in [-0.15, -0.1) is 0 Å².